The smallest absolute Gasteiger partial charge is 0.150 e. The van der Waals surface area contributed by atoms with Crippen LogP contribution in [0, 0.1) is 12.3 Å². The van der Waals surface area contributed by atoms with E-state index in [1.54, 1.807) is 12.2 Å². The Morgan fingerprint density at radius 2 is 1.80 bits per heavy atom. The summed E-state index contributed by atoms with van der Waals surface area (Å²) in [4.78, 5) is 10.8. The molecule has 0 unspecified atom stereocenters. The molecule has 76 valence electrons. The fraction of sp³-hybridized carbons (Fsp3) is 0.0714. The largest absolute Gasteiger partial charge is 0.298 e. The lowest BCUT2D eigenvalue weighted by molar-refractivity contribution is -0.104. The van der Waals surface area contributed by atoms with E-state index in [2.05, 4.69) is 25.7 Å². The lowest BCUT2D eigenvalue weighted by Gasteiger charge is -2.06. The molecule has 0 aliphatic carbocycles. The van der Waals surface area contributed by atoms with Crippen molar-refractivity contribution in [1.29, 1.82) is 0 Å². The SMILES string of the molecule is C#CC(/C(C=C)=C(/C=C)C=O)=C(/C)C=C. The summed E-state index contributed by atoms with van der Waals surface area (Å²) >= 11 is 0. The maximum absolute atomic E-state index is 10.8. The maximum Gasteiger partial charge on any atom is 0.150 e. The highest BCUT2D eigenvalue weighted by Crippen LogP contribution is 2.19. The van der Waals surface area contributed by atoms with Gasteiger partial charge in [-0.1, -0.05) is 43.9 Å². The Labute approximate surface area is 91.2 Å². The second-order valence-corrected chi connectivity index (χ2v) is 2.80. The van der Waals surface area contributed by atoms with Crippen LogP contribution >= 0.6 is 0 Å². The standard InChI is InChI=1S/C14H14O/c1-6-11(5)13(8-3)14(9-4)12(7-2)10-15/h3,6-7,9-10H,1-2,4H2,5H3/b13-11+,14-12-. The fourth-order valence-corrected chi connectivity index (χ4v) is 1.09. The third-order valence-electron chi connectivity index (χ3n) is 1.98. The van der Waals surface area contributed by atoms with Gasteiger partial charge in [-0.2, -0.15) is 0 Å². The summed E-state index contributed by atoms with van der Waals surface area (Å²) in [5.41, 5.74) is 2.48. The Morgan fingerprint density at radius 3 is 2.07 bits per heavy atom. The van der Waals surface area contributed by atoms with Crippen LogP contribution < -0.4 is 0 Å². The average Bonchev–Trinajstić information content (AvgIpc) is 2.28. The zero-order valence-electron chi connectivity index (χ0n) is 8.92. The molecule has 0 amide bonds. The summed E-state index contributed by atoms with van der Waals surface area (Å²) in [6.45, 7) is 12.6. The molecule has 1 heteroatoms. The Morgan fingerprint density at radius 1 is 1.20 bits per heavy atom. The molecule has 0 aromatic carbocycles. The zero-order valence-corrected chi connectivity index (χ0v) is 8.92. The first-order valence-corrected chi connectivity index (χ1v) is 4.40. The second kappa shape index (κ2) is 6.39. The van der Waals surface area contributed by atoms with Crippen molar-refractivity contribution >= 4 is 6.29 Å². The summed E-state index contributed by atoms with van der Waals surface area (Å²) in [5, 5.41) is 0. The number of aldehydes is 1. The molecule has 0 atom stereocenters. The Hall–Kier alpha value is -2.07. The first-order chi connectivity index (χ1) is 7.15. The molecule has 0 heterocycles. The van der Waals surface area contributed by atoms with Gasteiger partial charge >= 0.3 is 0 Å². The van der Waals surface area contributed by atoms with E-state index in [0.29, 0.717) is 23.0 Å². The van der Waals surface area contributed by atoms with E-state index in [4.69, 9.17) is 6.42 Å². The van der Waals surface area contributed by atoms with Crippen LogP contribution in [0.2, 0.25) is 0 Å². The number of hydrogen-bond donors (Lipinski definition) is 0. The predicted octanol–water partition coefficient (Wildman–Crippen LogP) is 2.99. The van der Waals surface area contributed by atoms with Crippen molar-refractivity contribution in [3.05, 3.63) is 60.3 Å². The van der Waals surface area contributed by atoms with E-state index < -0.39 is 0 Å². The van der Waals surface area contributed by atoms with E-state index in [1.807, 2.05) is 6.92 Å². The third-order valence-corrected chi connectivity index (χ3v) is 1.98. The van der Waals surface area contributed by atoms with Crippen molar-refractivity contribution in [3.8, 4) is 12.3 Å². The normalized spacial score (nSPS) is 12.8. The third kappa shape index (κ3) is 2.96. The molecule has 0 bridgehead atoms. The molecular formula is C14H14O. The lowest BCUT2D eigenvalue weighted by Crippen LogP contribution is -1.93. The monoisotopic (exact) mass is 198 g/mol. The van der Waals surface area contributed by atoms with Gasteiger partial charge in [-0.3, -0.25) is 4.79 Å². The molecule has 0 spiro atoms. The van der Waals surface area contributed by atoms with Crippen LogP contribution in [0.1, 0.15) is 6.92 Å². The molecule has 0 aromatic rings. The Balaban J connectivity index is 5.91. The molecule has 0 rings (SSSR count). The minimum Gasteiger partial charge on any atom is -0.298 e. The van der Waals surface area contributed by atoms with E-state index >= 15 is 0 Å². The summed E-state index contributed by atoms with van der Waals surface area (Å²) < 4.78 is 0. The van der Waals surface area contributed by atoms with E-state index in [9.17, 15) is 4.79 Å². The van der Waals surface area contributed by atoms with Crippen LogP contribution in [0.3, 0.4) is 0 Å². The van der Waals surface area contributed by atoms with Crippen molar-refractivity contribution in [2.75, 3.05) is 0 Å². The van der Waals surface area contributed by atoms with Gasteiger partial charge in [0.25, 0.3) is 0 Å². The first kappa shape index (κ1) is 12.9. The van der Waals surface area contributed by atoms with Gasteiger partial charge in [0.15, 0.2) is 6.29 Å². The number of carbonyl (C=O) groups excluding carboxylic acids is 1. The number of rotatable bonds is 5. The van der Waals surface area contributed by atoms with Crippen LogP contribution in [-0.4, -0.2) is 6.29 Å². The first-order valence-electron chi connectivity index (χ1n) is 4.40. The van der Waals surface area contributed by atoms with Crippen molar-refractivity contribution in [3.63, 3.8) is 0 Å². The van der Waals surface area contributed by atoms with Gasteiger partial charge in [0.05, 0.1) is 0 Å². The summed E-state index contributed by atoms with van der Waals surface area (Å²) in [6, 6.07) is 0. The van der Waals surface area contributed by atoms with Crippen LogP contribution in [0.4, 0.5) is 0 Å². The van der Waals surface area contributed by atoms with Gasteiger partial charge in [0.2, 0.25) is 0 Å². The topological polar surface area (TPSA) is 17.1 Å². The van der Waals surface area contributed by atoms with E-state index in [1.165, 1.54) is 6.08 Å². The Kier molecular flexibility index (Phi) is 5.51. The lowest BCUT2D eigenvalue weighted by atomic mass is 9.97. The number of hydrogen-bond acceptors (Lipinski definition) is 1. The molecule has 0 aliphatic rings. The average molecular weight is 198 g/mol. The zero-order chi connectivity index (χ0) is 11.8. The molecule has 0 aliphatic heterocycles. The van der Waals surface area contributed by atoms with E-state index in [0.717, 1.165) is 5.57 Å². The fourth-order valence-electron chi connectivity index (χ4n) is 1.09. The van der Waals surface area contributed by atoms with Crippen LogP contribution in [0.25, 0.3) is 0 Å². The highest BCUT2D eigenvalue weighted by Gasteiger charge is 2.06. The van der Waals surface area contributed by atoms with Gasteiger partial charge in [0.1, 0.15) is 0 Å². The quantitative estimate of drug-likeness (QED) is 0.287. The van der Waals surface area contributed by atoms with Gasteiger partial charge in [0, 0.05) is 16.7 Å². The van der Waals surface area contributed by atoms with Gasteiger partial charge in [-0.25, -0.2) is 0 Å². The number of allylic oxidation sites excluding steroid dienone is 7. The molecular weight excluding hydrogens is 184 g/mol. The summed E-state index contributed by atoms with van der Waals surface area (Å²) in [5.74, 6) is 2.53. The highest BCUT2D eigenvalue weighted by atomic mass is 16.1. The second-order valence-electron chi connectivity index (χ2n) is 2.80. The minimum atomic E-state index is 0.430. The van der Waals surface area contributed by atoms with Gasteiger partial charge < -0.3 is 0 Å². The van der Waals surface area contributed by atoms with Crippen molar-refractivity contribution in [2.45, 2.75) is 6.92 Å². The molecule has 0 saturated heterocycles. The number of terminal acetylenes is 1. The molecule has 0 fully saturated rings. The molecule has 0 radical (unpaired) electrons. The van der Waals surface area contributed by atoms with Crippen molar-refractivity contribution in [1.82, 2.24) is 0 Å². The van der Waals surface area contributed by atoms with Crippen LogP contribution in [-0.2, 0) is 4.79 Å². The van der Waals surface area contributed by atoms with Gasteiger partial charge in [-0.15, -0.1) is 6.42 Å². The minimum absolute atomic E-state index is 0.430. The molecule has 0 aromatic heterocycles. The van der Waals surface area contributed by atoms with Crippen LogP contribution in [0.15, 0.2) is 60.3 Å². The molecule has 15 heavy (non-hydrogen) atoms. The maximum atomic E-state index is 10.8. The Bertz CT molecular complexity index is 388. The molecule has 1 nitrogen and oxygen atoms in total. The summed E-state index contributed by atoms with van der Waals surface area (Å²) in [7, 11) is 0. The van der Waals surface area contributed by atoms with E-state index in [-0.39, 0.29) is 0 Å². The highest BCUT2D eigenvalue weighted by molar-refractivity contribution is 5.82. The van der Waals surface area contributed by atoms with Gasteiger partial charge in [-0.05, 0) is 12.5 Å². The van der Waals surface area contributed by atoms with Crippen LogP contribution in [0.5, 0.6) is 0 Å². The molecule has 0 N–H and O–H groups in total. The summed E-state index contributed by atoms with van der Waals surface area (Å²) in [6.07, 6.45) is 10.7. The van der Waals surface area contributed by atoms with Crippen molar-refractivity contribution in [2.24, 2.45) is 0 Å². The van der Waals surface area contributed by atoms with Crippen molar-refractivity contribution < 1.29 is 4.79 Å². The molecule has 0 saturated carbocycles. The number of carbonyl (C=O) groups is 1. The predicted molar refractivity (Wildman–Crippen MR) is 65.2 cm³/mol.